The van der Waals surface area contributed by atoms with Crippen molar-refractivity contribution in [2.75, 3.05) is 6.61 Å². The lowest BCUT2D eigenvalue weighted by Gasteiger charge is -2.28. The Morgan fingerprint density at radius 1 is 1.21 bits per heavy atom. The Morgan fingerprint density at radius 2 is 2.00 bits per heavy atom. The number of benzene rings is 1. The fourth-order valence-corrected chi connectivity index (χ4v) is 2.18. The van der Waals surface area contributed by atoms with Crippen LogP contribution in [0.15, 0.2) is 50.3 Å². The van der Waals surface area contributed by atoms with Gasteiger partial charge in [-0.1, -0.05) is 30.3 Å². The summed E-state index contributed by atoms with van der Waals surface area (Å²) >= 11 is 0. The molecule has 0 aromatic heterocycles. The minimum atomic E-state index is -1.02. The second-order valence-electron chi connectivity index (χ2n) is 4.43. The summed E-state index contributed by atoms with van der Waals surface area (Å²) in [6.45, 7) is -0.264. The van der Waals surface area contributed by atoms with Gasteiger partial charge < -0.3 is 10.8 Å². The number of nitrogens with two attached hydrogens (primary N) is 1. The first-order valence-electron chi connectivity index (χ1n) is 5.93. The molecule has 0 spiro atoms. The molecule has 19 heavy (non-hydrogen) atoms. The minimum Gasteiger partial charge on any atom is -0.388 e. The maximum absolute atomic E-state index is 9.22. The molecule has 0 fully saturated rings. The normalized spacial score (nSPS) is 24.6. The van der Waals surface area contributed by atoms with E-state index in [2.05, 4.69) is 20.0 Å². The zero-order chi connectivity index (χ0) is 13.3. The van der Waals surface area contributed by atoms with Crippen molar-refractivity contribution >= 4 is 23.7 Å². The third kappa shape index (κ3) is 2.11. The number of aliphatic hydroxyl groups excluding tert-OH is 1. The lowest BCUT2D eigenvalue weighted by molar-refractivity contribution is 0.354. The molecule has 0 saturated carbocycles. The molecule has 1 aromatic carbocycles. The molecule has 2 aliphatic rings. The Bertz CT molecular complexity index is 617. The Kier molecular flexibility index (Phi) is 2.81. The number of hydrogen-bond acceptors (Lipinski definition) is 6. The van der Waals surface area contributed by atoms with E-state index in [1.54, 1.807) is 0 Å². The van der Waals surface area contributed by atoms with Crippen LogP contribution in [-0.4, -0.2) is 41.1 Å². The molecule has 0 radical (unpaired) electrons. The van der Waals surface area contributed by atoms with Gasteiger partial charge in [0.25, 0.3) is 0 Å². The first-order chi connectivity index (χ1) is 9.21. The zero-order valence-corrected chi connectivity index (χ0v) is 10.2. The minimum absolute atomic E-state index is 0.264. The van der Waals surface area contributed by atoms with Crippen molar-refractivity contribution in [1.29, 1.82) is 0 Å². The molecule has 0 bridgehead atoms. The van der Waals surface area contributed by atoms with Crippen molar-refractivity contribution < 1.29 is 5.11 Å². The fourth-order valence-electron chi connectivity index (χ4n) is 2.18. The van der Waals surface area contributed by atoms with Gasteiger partial charge in [0, 0.05) is 6.42 Å². The number of nitrogens with zero attached hydrogens (tertiary/aromatic N) is 4. The summed E-state index contributed by atoms with van der Waals surface area (Å²) in [5, 5.41) is 9.22. The summed E-state index contributed by atoms with van der Waals surface area (Å²) in [4.78, 5) is 16.6. The SMILES string of the molecule is NC1(Cc2ccccc2)N=C(CO)N=C2N=CN=C21. The molecule has 3 N–H and O–H groups in total. The molecule has 0 aliphatic carbocycles. The van der Waals surface area contributed by atoms with Crippen LogP contribution < -0.4 is 5.73 Å². The highest BCUT2D eigenvalue weighted by atomic mass is 16.3. The molecule has 6 nitrogen and oxygen atoms in total. The summed E-state index contributed by atoms with van der Waals surface area (Å²) < 4.78 is 0. The van der Waals surface area contributed by atoms with Crippen LogP contribution in [-0.2, 0) is 6.42 Å². The lowest BCUT2D eigenvalue weighted by atomic mass is 9.94. The molecular weight excluding hydrogens is 242 g/mol. The van der Waals surface area contributed by atoms with E-state index in [1.807, 2.05) is 30.3 Å². The van der Waals surface area contributed by atoms with E-state index < -0.39 is 5.66 Å². The second-order valence-corrected chi connectivity index (χ2v) is 4.43. The Hall–Kier alpha value is -2.18. The molecule has 2 heterocycles. The molecule has 1 unspecified atom stereocenters. The second kappa shape index (κ2) is 4.49. The number of rotatable bonds is 3. The van der Waals surface area contributed by atoms with E-state index in [0.717, 1.165) is 5.56 Å². The summed E-state index contributed by atoms with van der Waals surface area (Å²) in [6, 6.07) is 9.79. The summed E-state index contributed by atoms with van der Waals surface area (Å²) in [5.74, 6) is 0.726. The van der Waals surface area contributed by atoms with Crippen LogP contribution in [0.4, 0.5) is 0 Å². The quantitative estimate of drug-likeness (QED) is 0.805. The van der Waals surface area contributed by atoms with E-state index in [1.165, 1.54) is 6.34 Å². The van der Waals surface area contributed by atoms with Crippen LogP contribution in [0.25, 0.3) is 0 Å². The molecule has 96 valence electrons. The number of amidine groups is 2. The van der Waals surface area contributed by atoms with Gasteiger partial charge in [-0.3, -0.25) is 0 Å². The van der Waals surface area contributed by atoms with Crippen LogP contribution in [0.5, 0.6) is 0 Å². The summed E-state index contributed by atoms with van der Waals surface area (Å²) in [6.07, 6.45) is 1.90. The maximum Gasteiger partial charge on any atom is 0.181 e. The molecule has 1 aromatic rings. The monoisotopic (exact) mass is 255 g/mol. The van der Waals surface area contributed by atoms with Gasteiger partial charge in [0.05, 0.1) is 0 Å². The number of hydrogen-bond donors (Lipinski definition) is 2. The zero-order valence-electron chi connectivity index (χ0n) is 10.2. The van der Waals surface area contributed by atoms with E-state index >= 15 is 0 Å². The van der Waals surface area contributed by atoms with E-state index in [0.29, 0.717) is 18.0 Å². The van der Waals surface area contributed by atoms with Crippen LogP contribution >= 0.6 is 0 Å². The van der Waals surface area contributed by atoms with Gasteiger partial charge in [0.1, 0.15) is 18.7 Å². The third-order valence-electron chi connectivity index (χ3n) is 3.01. The third-order valence-corrected chi connectivity index (χ3v) is 3.01. The van der Waals surface area contributed by atoms with Crippen molar-refractivity contribution in [3.8, 4) is 0 Å². The highest BCUT2D eigenvalue weighted by molar-refractivity contribution is 6.51. The summed E-state index contributed by atoms with van der Waals surface area (Å²) in [7, 11) is 0. The van der Waals surface area contributed by atoms with Gasteiger partial charge in [0.2, 0.25) is 0 Å². The predicted molar refractivity (Wildman–Crippen MR) is 74.9 cm³/mol. The number of aliphatic imine (C=N–C) groups is 4. The molecule has 0 amide bonds. The molecule has 3 rings (SSSR count). The average molecular weight is 255 g/mol. The van der Waals surface area contributed by atoms with Gasteiger partial charge in [-0.05, 0) is 5.56 Å². The molecule has 1 atom stereocenters. The highest BCUT2D eigenvalue weighted by Gasteiger charge is 2.39. The van der Waals surface area contributed by atoms with Crippen LogP contribution in [0.1, 0.15) is 5.56 Å². The molecule has 2 aliphatic heterocycles. The van der Waals surface area contributed by atoms with E-state index in [9.17, 15) is 5.11 Å². The first kappa shape index (κ1) is 11.9. The van der Waals surface area contributed by atoms with Gasteiger partial charge in [0.15, 0.2) is 17.3 Å². The Balaban J connectivity index is 1.98. The number of fused-ring (bicyclic) bond motifs is 1. The van der Waals surface area contributed by atoms with Crippen molar-refractivity contribution in [1.82, 2.24) is 0 Å². The van der Waals surface area contributed by atoms with Gasteiger partial charge in [-0.25, -0.2) is 20.0 Å². The fraction of sp³-hybridized carbons (Fsp3) is 0.231. The van der Waals surface area contributed by atoms with Gasteiger partial charge >= 0.3 is 0 Å². The smallest absolute Gasteiger partial charge is 0.181 e. The first-order valence-corrected chi connectivity index (χ1v) is 5.93. The maximum atomic E-state index is 9.22. The van der Waals surface area contributed by atoms with Crippen molar-refractivity contribution in [3.05, 3.63) is 35.9 Å². The lowest BCUT2D eigenvalue weighted by Crippen LogP contribution is -2.53. The largest absolute Gasteiger partial charge is 0.388 e. The van der Waals surface area contributed by atoms with Crippen molar-refractivity contribution in [2.45, 2.75) is 12.1 Å². The van der Waals surface area contributed by atoms with Gasteiger partial charge in [-0.2, -0.15) is 0 Å². The highest BCUT2D eigenvalue weighted by Crippen LogP contribution is 2.21. The van der Waals surface area contributed by atoms with E-state index in [4.69, 9.17) is 5.73 Å². The molecule has 6 heteroatoms. The predicted octanol–water partition coefficient (Wildman–Crippen LogP) is 0.170. The molecule has 0 saturated heterocycles. The van der Waals surface area contributed by atoms with Crippen LogP contribution in [0, 0.1) is 0 Å². The van der Waals surface area contributed by atoms with Gasteiger partial charge in [-0.15, -0.1) is 0 Å². The Labute approximate surface area is 110 Å². The standard InChI is InChI=1S/C13H13N5O/c14-13(6-9-4-2-1-3-5-9)11-12(16-8-15-11)17-10(7-19)18-13/h1-5,8,19H,6-7,14H2. The van der Waals surface area contributed by atoms with E-state index in [-0.39, 0.29) is 12.4 Å². The van der Waals surface area contributed by atoms with Crippen LogP contribution in [0.2, 0.25) is 0 Å². The van der Waals surface area contributed by atoms with Crippen LogP contribution in [0.3, 0.4) is 0 Å². The average Bonchev–Trinajstić information content (AvgIpc) is 2.89. The molecular formula is C13H13N5O. The topological polar surface area (TPSA) is 95.7 Å². The summed E-state index contributed by atoms with van der Waals surface area (Å²) in [5.41, 5.74) is 6.92. The Morgan fingerprint density at radius 3 is 2.74 bits per heavy atom. The number of aliphatic hydroxyl groups is 1. The van der Waals surface area contributed by atoms with Crippen molar-refractivity contribution in [3.63, 3.8) is 0 Å². The van der Waals surface area contributed by atoms with Crippen molar-refractivity contribution in [2.24, 2.45) is 25.7 Å².